The first kappa shape index (κ1) is 19.0. The van der Waals surface area contributed by atoms with E-state index in [2.05, 4.69) is 11.8 Å². The molecule has 0 saturated heterocycles. The van der Waals surface area contributed by atoms with E-state index in [1.54, 1.807) is 54.6 Å². The van der Waals surface area contributed by atoms with Crippen LogP contribution in [0.25, 0.3) is 0 Å². The summed E-state index contributed by atoms with van der Waals surface area (Å²) in [6, 6.07) is 17.7. The van der Waals surface area contributed by atoms with Gasteiger partial charge in [-0.1, -0.05) is 54.3 Å². The lowest BCUT2D eigenvalue weighted by Crippen LogP contribution is -2.05. The SMILES string of the molecule is O=C(OCCC#C/C=C/CCOC(=O)c1ccccc1)c1ccccc1. The molecule has 0 amide bonds. The Morgan fingerprint density at radius 3 is 1.92 bits per heavy atom. The summed E-state index contributed by atoms with van der Waals surface area (Å²) in [5.74, 6) is 5.08. The highest BCUT2D eigenvalue weighted by Crippen LogP contribution is 2.02. The fourth-order valence-corrected chi connectivity index (χ4v) is 2.00. The van der Waals surface area contributed by atoms with Gasteiger partial charge in [0.2, 0.25) is 0 Å². The number of allylic oxidation sites excluding steroid dienone is 1. The molecule has 0 unspecified atom stereocenters. The predicted molar refractivity (Wildman–Crippen MR) is 99.6 cm³/mol. The van der Waals surface area contributed by atoms with Gasteiger partial charge in [0.05, 0.1) is 17.7 Å². The molecule has 0 bridgehead atoms. The Labute approximate surface area is 153 Å². The lowest BCUT2D eigenvalue weighted by molar-refractivity contribution is 0.0503. The van der Waals surface area contributed by atoms with Gasteiger partial charge in [0.15, 0.2) is 0 Å². The standard InChI is InChI=1S/C22H20O4/c23-21(19-13-7-5-8-14-19)25-17-11-3-1-2-4-12-18-26-22(24)20-15-9-6-10-16-20/h1,3,5-10,13-16H,11-12,17-18H2/b3-1+. The molecule has 26 heavy (non-hydrogen) atoms. The first-order valence-corrected chi connectivity index (χ1v) is 8.35. The van der Waals surface area contributed by atoms with Crippen molar-refractivity contribution in [1.82, 2.24) is 0 Å². The summed E-state index contributed by atoms with van der Waals surface area (Å²) >= 11 is 0. The zero-order valence-corrected chi connectivity index (χ0v) is 14.4. The topological polar surface area (TPSA) is 52.6 Å². The lowest BCUT2D eigenvalue weighted by atomic mass is 10.2. The van der Waals surface area contributed by atoms with Crippen molar-refractivity contribution < 1.29 is 19.1 Å². The Hall–Kier alpha value is -3.32. The summed E-state index contributed by atoms with van der Waals surface area (Å²) in [6.45, 7) is 0.559. The number of benzene rings is 2. The van der Waals surface area contributed by atoms with Gasteiger partial charge >= 0.3 is 11.9 Å². The maximum Gasteiger partial charge on any atom is 0.338 e. The van der Waals surface area contributed by atoms with E-state index in [-0.39, 0.29) is 18.5 Å². The third kappa shape index (κ3) is 7.06. The first-order chi connectivity index (χ1) is 12.8. The highest BCUT2D eigenvalue weighted by Gasteiger charge is 2.04. The molecule has 4 nitrogen and oxygen atoms in total. The van der Waals surface area contributed by atoms with Crippen molar-refractivity contribution in [3.63, 3.8) is 0 Å². The number of rotatable bonds is 7. The molecule has 0 aromatic heterocycles. The maximum atomic E-state index is 11.7. The first-order valence-electron chi connectivity index (χ1n) is 8.35. The van der Waals surface area contributed by atoms with E-state index in [0.29, 0.717) is 30.6 Å². The molecule has 0 saturated carbocycles. The summed E-state index contributed by atoms with van der Waals surface area (Å²) in [4.78, 5) is 23.4. The Kier molecular flexibility index (Phi) is 8.24. The van der Waals surface area contributed by atoms with Gasteiger partial charge in [-0.3, -0.25) is 0 Å². The van der Waals surface area contributed by atoms with E-state index in [0.717, 1.165) is 0 Å². The fraction of sp³-hybridized carbons (Fsp3) is 0.182. The molecule has 0 spiro atoms. The second-order valence-electron chi connectivity index (χ2n) is 5.27. The van der Waals surface area contributed by atoms with Gasteiger partial charge in [-0.05, 0) is 30.3 Å². The largest absolute Gasteiger partial charge is 0.462 e. The van der Waals surface area contributed by atoms with Crippen LogP contribution in [0.2, 0.25) is 0 Å². The molecule has 0 heterocycles. The third-order valence-corrected chi connectivity index (χ3v) is 3.30. The molecule has 0 aliphatic carbocycles. The van der Waals surface area contributed by atoms with Crippen LogP contribution in [0, 0.1) is 11.8 Å². The minimum Gasteiger partial charge on any atom is -0.462 e. The van der Waals surface area contributed by atoms with Crippen LogP contribution < -0.4 is 0 Å². The van der Waals surface area contributed by atoms with Gasteiger partial charge in [-0.25, -0.2) is 9.59 Å². The van der Waals surface area contributed by atoms with Crippen LogP contribution in [-0.2, 0) is 9.47 Å². The molecule has 0 N–H and O–H groups in total. The summed E-state index contributed by atoms with van der Waals surface area (Å²) in [5, 5.41) is 0. The van der Waals surface area contributed by atoms with Gasteiger partial charge < -0.3 is 9.47 Å². The third-order valence-electron chi connectivity index (χ3n) is 3.30. The smallest absolute Gasteiger partial charge is 0.338 e. The van der Waals surface area contributed by atoms with E-state index in [1.165, 1.54) is 0 Å². The molecule has 0 atom stereocenters. The molecule has 0 aliphatic rings. The van der Waals surface area contributed by atoms with E-state index < -0.39 is 0 Å². The molecular weight excluding hydrogens is 328 g/mol. The number of carbonyl (C=O) groups excluding carboxylic acids is 2. The molecule has 132 valence electrons. The average Bonchev–Trinajstić information content (AvgIpc) is 2.70. The summed E-state index contributed by atoms with van der Waals surface area (Å²) in [6.07, 6.45) is 4.60. The van der Waals surface area contributed by atoms with Crippen LogP contribution >= 0.6 is 0 Å². The van der Waals surface area contributed by atoms with Crippen LogP contribution in [0.4, 0.5) is 0 Å². The van der Waals surface area contributed by atoms with Crippen LogP contribution in [0.1, 0.15) is 33.6 Å². The monoisotopic (exact) mass is 348 g/mol. The van der Waals surface area contributed by atoms with Gasteiger partial charge in [-0.2, -0.15) is 0 Å². The predicted octanol–water partition coefficient (Wildman–Crippen LogP) is 4.04. The number of esters is 2. The summed E-state index contributed by atoms with van der Waals surface area (Å²) in [5.41, 5.74) is 1.08. The van der Waals surface area contributed by atoms with Crippen molar-refractivity contribution in [2.24, 2.45) is 0 Å². The number of carbonyl (C=O) groups is 2. The molecule has 0 fully saturated rings. The van der Waals surface area contributed by atoms with Crippen LogP contribution in [-0.4, -0.2) is 25.2 Å². The Balaban J connectivity index is 1.55. The van der Waals surface area contributed by atoms with Crippen molar-refractivity contribution in [3.8, 4) is 11.8 Å². The van der Waals surface area contributed by atoms with Gasteiger partial charge in [-0.15, -0.1) is 0 Å². The van der Waals surface area contributed by atoms with E-state index >= 15 is 0 Å². The quantitative estimate of drug-likeness (QED) is 0.430. The lowest BCUT2D eigenvalue weighted by Gasteiger charge is -2.02. The van der Waals surface area contributed by atoms with Crippen LogP contribution in [0.5, 0.6) is 0 Å². The maximum absolute atomic E-state index is 11.7. The molecule has 0 aliphatic heterocycles. The van der Waals surface area contributed by atoms with Crippen molar-refractivity contribution in [1.29, 1.82) is 0 Å². The van der Waals surface area contributed by atoms with Gasteiger partial charge in [0, 0.05) is 12.8 Å². The highest BCUT2D eigenvalue weighted by atomic mass is 16.5. The molecule has 2 aromatic rings. The van der Waals surface area contributed by atoms with Crippen molar-refractivity contribution >= 4 is 11.9 Å². The highest BCUT2D eigenvalue weighted by molar-refractivity contribution is 5.89. The second-order valence-corrected chi connectivity index (χ2v) is 5.27. The normalized spacial score (nSPS) is 10.0. The van der Waals surface area contributed by atoms with Crippen LogP contribution in [0.3, 0.4) is 0 Å². The molecule has 0 radical (unpaired) electrons. The number of hydrogen-bond donors (Lipinski definition) is 0. The molecule has 2 rings (SSSR count). The number of ether oxygens (including phenoxy) is 2. The zero-order chi connectivity index (χ0) is 18.5. The summed E-state index contributed by atoms with van der Waals surface area (Å²) < 4.78 is 10.3. The summed E-state index contributed by atoms with van der Waals surface area (Å²) in [7, 11) is 0. The fourth-order valence-electron chi connectivity index (χ4n) is 2.00. The van der Waals surface area contributed by atoms with E-state index in [9.17, 15) is 9.59 Å². The molecule has 4 heteroatoms. The minimum atomic E-state index is -0.344. The van der Waals surface area contributed by atoms with Gasteiger partial charge in [0.1, 0.15) is 6.61 Å². The van der Waals surface area contributed by atoms with Gasteiger partial charge in [0.25, 0.3) is 0 Å². The van der Waals surface area contributed by atoms with Crippen molar-refractivity contribution in [3.05, 3.63) is 83.9 Å². The molecule has 2 aromatic carbocycles. The van der Waals surface area contributed by atoms with Crippen LogP contribution in [0.15, 0.2) is 72.8 Å². The van der Waals surface area contributed by atoms with Crippen molar-refractivity contribution in [2.45, 2.75) is 12.8 Å². The van der Waals surface area contributed by atoms with E-state index in [1.807, 2.05) is 18.2 Å². The molecular formula is C22H20O4. The zero-order valence-electron chi connectivity index (χ0n) is 14.4. The Morgan fingerprint density at radius 1 is 0.808 bits per heavy atom. The Bertz CT molecular complexity index is 783. The Morgan fingerprint density at radius 2 is 1.35 bits per heavy atom. The van der Waals surface area contributed by atoms with E-state index in [4.69, 9.17) is 9.47 Å². The number of hydrogen-bond acceptors (Lipinski definition) is 4. The second kappa shape index (κ2) is 11.3. The minimum absolute atomic E-state index is 0.253. The average molecular weight is 348 g/mol. The van der Waals surface area contributed by atoms with Crippen molar-refractivity contribution in [2.75, 3.05) is 13.2 Å².